The van der Waals surface area contributed by atoms with Crippen molar-refractivity contribution in [2.75, 3.05) is 7.11 Å². The van der Waals surface area contributed by atoms with Crippen LogP contribution in [0.15, 0.2) is 16.6 Å². The van der Waals surface area contributed by atoms with Gasteiger partial charge in [-0.05, 0) is 28.4 Å². The molecule has 0 fully saturated rings. The fourth-order valence-corrected chi connectivity index (χ4v) is 2.91. The van der Waals surface area contributed by atoms with E-state index in [1.165, 1.54) is 31.7 Å². The summed E-state index contributed by atoms with van der Waals surface area (Å²) in [5, 5.41) is 0. The molecule has 0 aliphatic heterocycles. The van der Waals surface area contributed by atoms with E-state index in [0.717, 1.165) is 12.0 Å². The highest BCUT2D eigenvalue weighted by molar-refractivity contribution is 9.10. The molecule has 0 saturated carbocycles. The molecule has 0 heterocycles. The quantitative estimate of drug-likeness (QED) is 0.415. The van der Waals surface area contributed by atoms with Crippen LogP contribution < -0.4 is 4.74 Å². The first-order valence-corrected chi connectivity index (χ1v) is 7.98. The Bertz CT molecular complexity index is 382. The van der Waals surface area contributed by atoms with Crippen molar-refractivity contribution in [3.8, 4) is 5.75 Å². The van der Waals surface area contributed by atoms with Crippen molar-refractivity contribution in [2.24, 2.45) is 0 Å². The third-order valence-corrected chi connectivity index (χ3v) is 4.48. The number of alkyl halides is 1. The SMILES string of the molecule is CCCCCCC(Br)c1cc(Br)c(F)cc1OC. The average molecular weight is 382 g/mol. The molecule has 1 nitrogen and oxygen atoms in total. The first kappa shape index (κ1) is 16.0. The van der Waals surface area contributed by atoms with Gasteiger partial charge in [0.15, 0.2) is 0 Å². The van der Waals surface area contributed by atoms with E-state index < -0.39 is 0 Å². The van der Waals surface area contributed by atoms with Crippen molar-refractivity contribution in [3.05, 3.63) is 28.0 Å². The van der Waals surface area contributed by atoms with E-state index in [1.54, 1.807) is 13.2 Å². The lowest BCUT2D eigenvalue weighted by Crippen LogP contribution is -1.97. The van der Waals surface area contributed by atoms with Crippen LogP contribution in [0.4, 0.5) is 4.39 Å². The summed E-state index contributed by atoms with van der Waals surface area (Å²) in [5.41, 5.74) is 1.00. The Morgan fingerprint density at radius 3 is 2.61 bits per heavy atom. The molecular weight excluding hydrogens is 363 g/mol. The molecule has 0 spiro atoms. The molecule has 1 atom stereocenters. The van der Waals surface area contributed by atoms with Crippen LogP contribution in [0.1, 0.15) is 49.4 Å². The number of hydrogen-bond acceptors (Lipinski definition) is 1. The molecule has 1 aromatic rings. The molecule has 0 aliphatic rings. The van der Waals surface area contributed by atoms with Crippen LogP contribution in [0.5, 0.6) is 5.75 Å². The average Bonchev–Trinajstić information content (AvgIpc) is 2.37. The summed E-state index contributed by atoms with van der Waals surface area (Å²) in [7, 11) is 1.57. The molecule has 4 heteroatoms. The van der Waals surface area contributed by atoms with Gasteiger partial charge < -0.3 is 4.74 Å². The van der Waals surface area contributed by atoms with E-state index in [2.05, 4.69) is 38.8 Å². The molecule has 0 amide bonds. The van der Waals surface area contributed by atoms with Crippen LogP contribution in [0.2, 0.25) is 0 Å². The van der Waals surface area contributed by atoms with Gasteiger partial charge >= 0.3 is 0 Å². The van der Waals surface area contributed by atoms with Gasteiger partial charge in [-0.25, -0.2) is 4.39 Å². The van der Waals surface area contributed by atoms with E-state index in [1.807, 2.05) is 0 Å². The second kappa shape index (κ2) is 8.16. The smallest absolute Gasteiger partial charge is 0.141 e. The maximum atomic E-state index is 13.4. The summed E-state index contributed by atoms with van der Waals surface area (Å²) in [5.74, 6) is 0.314. The largest absolute Gasteiger partial charge is 0.496 e. The van der Waals surface area contributed by atoms with E-state index in [4.69, 9.17) is 4.74 Å². The number of halogens is 3. The van der Waals surface area contributed by atoms with Crippen LogP contribution in [-0.4, -0.2) is 7.11 Å². The molecule has 1 unspecified atom stereocenters. The highest BCUT2D eigenvalue weighted by Gasteiger charge is 2.15. The summed E-state index contributed by atoms with van der Waals surface area (Å²) in [6.45, 7) is 2.20. The highest BCUT2D eigenvalue weighted by Crippen LogP contribution is 2.37. The fourth-order valence-electron chi connectivity index (χ4n) is 1.87. The van der Waals surface area contributed by atoms with Crippen molar-refractivity contribution >= 4 is 31.9 Å². The molecule has 0 aliphatic carbocycles. The zero-order valence-electron chi connectivity index (χ0n) is 10.8. The molecule has 0 saturated heterocycles. The molecule has 1 aromatic carbocycles. The number of hydrogen-bond donors (Lipinski definition) is 0. The minimum atomic E-state index is -0.290. The first-order chi connectivity index (χ1) is 8.60. The highest BCUT2D eigenvalue weighted by atomic mass is 79.9. The third-order valence-electron chi connectivity index (χ3n) is 2.92. The van der Waals surface area contributed by atoms with Crippen LogP contribution in [0.25, 0.3) is 0 Å². The van der Waals surface area contributed by atoms with Crippen molar-refractivity contribution in [2.45, 2.75) is 43.9 Å². The van der Waals surface area contributed by atoms with Crippen molar-refractivity contribution < 1.29 is 9.13 Å². The van der Waals surface area contributed by atoms with Gasteiger partial charge in [-0.3, -0.25) is 0 Å². The van der Waals surface area contributed by atoms with Crippen LogP contribution in [-0.2, 0) is 0 Å². The fraction of sp³-hybridized carbons (Fsp3) is 0.571. The Morgan fingerprint density at radius 2 is 2.00 bits per heavy atom. The van der Waals surface area contributed by atoms with Crippen LogP contribution in [0.3, 0.4) is 0 Å². The van der Waals surface area contributed by atoms with Crippen molar-refractivity contribution in [1.82, 2.24) is 0 Å². The lowest BCUT2D eigenvalue weighted by atomic mass is 10.0. The maximum Gasteiger partial charge on any atom is 0.141 e. The van der Waals surface area contributed by atoms with Gasteiger partial charge in [0.05, 0.1) is 11.6 Å². The second-order valence-electron chi connectivity index (χ2n) is 4.33. The van der Waals surface area contributed by atoms with Gasteiger partial charge in [0, 0.05) is 16.5 Å². The number of benzene rings is 1. The molecule has 0 aromatic heterocycles. The molecule has 0 N–H and O–H groups in total. The minimum Gasteiger partial charge on any atom is -0.496 e. The Hall–Kier alpha value is -0.0900. The Balaban J connectivity index is 2.71. The standard InChI is InChI=1S/C14H19Br2FO/c1-3-4-5-6-7-11(15)10-8-12(16)13(17)9-14(10)18-2/h8-9,11H,3-7H2,1-2H3. The van der Waals surface area contributed by atoms with Crippen molar-refractivity contribution in [1.29, 1.82) is 0 Å². The number of unbranched alkanes of at least 4 members (excludes halogenated alkanes) is 3. The normalized spacial score (nSPS) is 12.5. The zero-order valence-corrected chi connectivity index (χ0v) is 14.0. The third kappa shape index (κ3) is 4.54. The number of rotatable bonds is 7. The number of ether oxygens (including phenoxy) is 1. The summed E-state index contributed by atoms with van der Waals surface area (Å²) >= 11 is 6.88. The Morgan fingerprint density at radius 1 is 1.28 bits per heavy atom. The summed E-state index contributed by atoms with van der Waals surface area (Å²) in [6.07, 6.45) is 5.95. The second-order valence-corrected chi connectivity index (χ2v) is 6.28. The van der Waals surface area contributed by atoms with Gasteiger partial charge in [-0.1, -0.05) is 48.5 Å². The van der Waals surface area contributed by atoms with Crippen LogP contribution in [0, 0.1) is 5.82 Å². The Labute approximate surface area is 125 Å². The van der Waals surface area contributed by atoms with Gasteiger partial charge in [0.1, 0.15) is 11.6 Å². The molecule has 18 heavy (non-hydrogen) atoms. The topological polar surface area (TPSA) is 9.23 Å². The maximum absolute atomic E-state index is 13.4. The summed E-state index contributed by atoms with van der Waals surface area (Å²) < 4.78 is 19.1. The number of methoxy groups -OCH3 is 1. The Kier molecular flexibility index (Phi) is 7.23. The zero-order chi connectivity index (χ0) is 13.5. The predicted octanol–water partition coefficient (Wildman–Crippen LogP) is 6.00. The van der Waals surface area contributed by atoms with Gasteiger partial charge in [0.25, 0.3) is 0 Å². The molecule has 1 rings (SSSR count). The van der Waals surface area contributed by atoms with Gasteiger partial charge in [0.2, 0.25) is 0 Å². The van der Waals surface area contributed by atoms with E-state index in [0.29, 0.717) is 10.2 Å². The van der Waals surface area contributed by atoms with Crippen molar-refractivity contribution in [3.63, 3.8) is 0 Å². The first-order valence-electron chi connectivity index (χ1n) is 6.27. The van der Waals surface area contributed by atoms with E-state index in [9.17, 15) is 4.39 Å². The van der Waals surface area contributed by atoms with E-state index in [-0.39, 0.29) is 10.6 Å². The predicted molar refractivity (Wildman–Crippen MR) is 81.1 cm³/mol. The monoisotopic (exact) mass is 380 g/mol. The van der Waals surface area contributed by atoms with Gasteiger partial charge in [-0.2, -0.15) is 0 Å². The van der Waals surface area contributed by atoms with Crippen LogP contribution >= 0.6 is 31.9 Å². The summed E-state index contributed by atoms with van der Waals surface area (Å²) in [4.78, 5) is 0.209. The van der Waals surface area contributed by atoms with E-state index >= 15 is 0 Å². The molecule has 0 bridgehead atoms. The molecular formula is C14H19Br2FO. The lowest BCUT2D eigenvalue weighted by molar-refractivity contribution is 0.404. The lowest BCUT2D eigenvalue weighted by Gasteiger charge is -2.15. The molecule has 0 radical (unpaired) electrons. The van der Waals surface area contributed by atoms with Gasteiger partial charge in [-0.15, -0.1) is 0 Å². The minimum absolute atomic E-state index is 0.209. The summed E-state index contributed by atoms with van der Waals surface area (Å²) in [6, 6.07) is 3.23. The molecule has 102 valence electrons.